The van der Waals surface area contributed by atoms with E-state index in [1.807, 2.05) is 0 Å². The van der Waals surface area contributed by atoms with Gasteiger partial charge in [0.1, 0.15) is 0 Å². The molecule has 2 fully saturated rings. The van der Waals surface area contributed by atoms with Crippen molar-refractivity contribution in [1.29, 1.82) is 0 Å². The smallest absolute Gasteiger partial charge is 0.380 e. The summed E-state index contributed by atoms with van der Waals surface area (Å²) in [5.41, 5.74) is 0.434. The maximum atomic E-state index is 13.1. The number of carbonyl (C=O) groups is 1. The second kappa shape index (κ2) is 8.83. The lowest BCUT2D eigenvalue weighted by Gasteiger charge is -2.33. The molecule has 1 aromatic rings. The van der Waals surface area contributed by atoms with Crippen LogP contribution in [-0.4, -0.2) is 47.6 Å². The van der Waals surface area contributed by atoms with Gasteiger partial charge in [-0.25, -0.2) is 0 Å². The van der Waals surface area contributed by atoms with Crippen LogP contribution in [0.1, 0.15) is 61.8 Å². The first-order chi connectivity index (χ1) is 14.3. The molecule has 5 nitrogen and oxygen atoms in total. The minimum atomic E-state index is -4.42. The molecule has 0 saturated heterocycles. The highest BCUT2D eigenvalue weighted by molar-refractivity contribution is 5.79. The number of nitrogens with one attached hydrogen (secondary N) is 1. The standard InChI is InChI=1S/C22H30F3N3O2/c1-30-20-5-3-2-4-19(20)27-17-7-6-14(11-17)21(29)28-9-8-18-15(13-28)10-16(12-26-18)22(23,24)25/h10,12,14,17,19-20,27H,2-9,11,13H2,1H3/t14?,17-,19?,20?/m1/s1. The Morgan fingerprint density at radius 2 is 2.03 bits per heavy atom. The zero-order valence-corrected chi connectivity index (χ0v) is 17.4. The second-order valence-corrected chi connectivity index (χ2v) is 8.88. The molecular formula is C22H30F3N3O2. The normalized spacial score (nSPS) is 29.7. The number of pyridine rings is 1. The number of amides is 1. The van der Waals surface area contributed by atoms with Gasteiger partial charge in [0.15, 0.2) is 0 Å². The summed E-state index contributed by atoms with van der Waals surface area (Å²) in [6.07, 6.45) is 4.36. The third-order valence-corrected chi connectivity index (χ3v) is 6.92. The van der Waals surface area contributed by atoms with E-state index >= 15 is 0 Å². The first kappa shape index (κ1) is 21.6. The van der Waals surface area contributed by atoms with Crippen molar-refractivity contribution in [1.82, 2.24) is 15.2 Å². The van der Waals surface area contributed by atoms with Gasteiger partial charge in [-0.2, -0.15) is 13.2 Å². The molecule has 4 rings (SSSR count). The van der Waals surface area contributed by atoms with Crippen LogP contribution in [0.5, 0.6) is 0 Å². The van der Waals surface area contributed by atoms with Crippen molar-refractivity contribution in [2.45, 2.75) is 82.3 Å². The van der Waals surface area contributed by atoms with Gasteiger partial charge in [0.25, 0.3) is 0 Å². The summed E-state index contributed by atoms with van der Waals surface area (Å²) in [5.74, 6) is 0.00157. The highest BCUT2D eigenvalue weighted by atomic mass is 19.4. The van der Waals surface area contributed by atoms with Crippen LogP contribution in [0, 0.1) is 5.92 Å². The summed E-state index contributed by atoms with van der Waals surface area (Å²) in [6, 6.07) is 1.79. The molecule has 0 aromatic carbocycles. The van der Waals surface area contributed by atoms with Crippen LogP contribution in [0.4, 0.5) is 13.2 Å². The van der Waals surface area contributed by atoms with E-state index in [2.05, 4.69) is 10.3 Å². The number of aromatic nitrogens is 1. The van der Waals surface area contributed by atoms with E-state index in [1.165, 1.54) is 12.8 Å². The van der Waals surface area contributed by atoms with E-state index in [4.69, 9.17) is 4.74 Å². The zero-order chi connectivity index (χ0) is 21.3. The molecule has 4 atom stereocenters. The Balaban J connectivity index is 1.35. The highest BCUT2D eigenvalue weighted by Crippen LogP contribution is 2.33. The first-order valence-electron chi connectivity index (χ1n) is 11.0. The number of hydrogen-bond donors (Lipinski definition) is 1. The third-order valence-electron chi connectivity index (χ3n) is 6.92. The number of fused-ring (bicyclic) bond motifs is 1. The zero-order valence-electron chi connectivity index (χ0n) is 17.4. The maximum Gasteiger partial charge on any atom is 0.417 e. The van der Waals surface area contributed by atoms with Crippen LogP contribution in [0.25, 0.3) is 0 Å². The second-order valence-electron chi connectivity index (χ2n) is 8.88. The average molecular weight is 425 g/mol. The van der Waals surface area contributed by atoms with Crippen LogP contribution in [0.15, 0.2) is 12.3 Å². The molecule has 1 aromatic heterocycles. The van der Waals surface area contributed by atoms with Crippen molar-refractivity contribution >= 4 is 5.91 Å². The van der Waals surface area contributed by atoms with E-state index in [0.717, 1.165) is 44.4 Å². The molecule has 2 aliphatic carbocycles. The predicted octanol–water partition coefficient (Wildman–Crippen LogP) is 3.70. The Hall–Kier alpha value is -1.67. The summed E-state index contributed by atoms with van der Waals surface area (Å²) in [5, 5.41) is 3.72. The molecule has 3 unspecified atom stereocenters. The Morgan fingerprint density at radius 3 is 2.80 bits per heavy atom. The lowest BCUT2D eigenvalue weighted by molar-refractivity contribution is -0.137. The average Bonchev–Trinajstić information content (AvgIpc) is 3.20. The van der Waals surface area contributed by atoms with Gasteiger partial charge in [-0.15, -0.1) is 0 Å². The molecular weight excluding hydrogens is 395 g/mol. The number of rotatable bonds is 4. The molecule has 2 heterocycles. The van der Waals surface area contributed by atoms with Gasteiger partial charge >= 0.3 is 6.18 Å². The lowest BCUT2D eigenvalue weighted by Crippen LogP contribution is -2.47. The van der Waals surface area contributed by atoms with Crippen LogP contribution >= 0.6 is 0 Å². The fraction of sp³-hybridized carbons (Fsp3) is 0.727. The Bertz CT molecular complexity index is 770. The fourth-order valence-electron chi connectivity index (χ4n) is 5.26. The first-order valence-corrected chi connectivity index (χ1v) is 11.0. The SMILES string of the molecule is COC1CCCCC1N[C@@H]1CCC(C(=O)N2CCc3ncc(C(F)(F)F)cc3C2)C1. The van der Waals surface area contributed by atoms with Crippen molar-refractivity contribution in [3.63, 3.8) is 0 Å². The number of alkyl halides is 3. The number of nitrogens with zero attached hydrogens (tertiary/aromatic N) is 2. The van der Waals surface area contributed by atoms with E-state index < -0.39 is 11.7 Å². The van der Waals surface area contributed by atoms with Crippen LogP contribution in [0.2, 0.25) is 0 Å². The Kier molecular flexibility index (Phi) is 6.34. The number of carbonyl (C=O) groups excluding carboxylic acids is 1. The predicted molar refractivity (Wildman–Crippen MR) is 106 cm³/mol. The number of halogens is 3. The molecule has 1 N–H and O–H groups in total. The molecule has 0 bridgehead atoms. The van der Waals surface area contributed by atoms with Crippen LogP contribution < -0.4 is 5.32 Å². The number of hydrogen-bond acceptors (Lipinski definition) is 4. The molecule has 30 heavy (non-hydrogen) atoms. The quantitative estimate of drug-likeness (QED) is 0.799. The van der Waals surface area contributed by atoms with Gasteiger partial charge in [-0.05, 0) is 43.7 Å². The van der Waals surface area contributed by atoms with Gasteiger partial charge in [0.05, 0.1) is 11.7 Å². The van der Waals surface area contributed by atoms with Crippen molar-refractivity contribution in [2.75, 3.05) is 13.7 Å². The van der Waals surface area contributed by atoms with Gasteiger partial charge in [0.2, 0.25) is 5.91 Å². The lowest BCUT2D eigenvalue weighted by atomic mass is 9.91. The number of ether oxygens (including phenoxy) is 1. The topological polar surface area (TPSA) is 54.5 Å². The fourth-order valence-corrected chi connectivity index (χ4v) is 5.26. The summed E-state index contributed by atoms with van der Waals surface area (Å²) in [7, 11) is 1.76. The highest BCUT2D eigenvalue weighted by Gasteiger charge is 2.37. The van der Waals surface area contributed by atoms with E-state index in [-0.39, 0.29) is 24.5 Å². The van der Waals surface area contributed by atoms with Gasteiger partial charge in [-0.3, -0.25) is 9.78 Å². The summed E-state index contributed by atoms with van der Waals surface area (Å²) in [4.78, 5) is 18.8. The van der Waals surface area contributed by atoms with Crippen LogP contribution in [-0.2, 0) is 28.7 Å². The molecule has 166 valence electrons. The van der Waals surface area contributed by atoms with Crippen molar-refractivity contribution in [2.24, 2.45) is 5.92 Å². The molecule has 3 aliphatic rings. The third kappa shape index (κ3) is 4.64. The molecule has 1 amide bonds. The molecule has 8 heteroatoms. The Morgan fingerprint density at radius 1 is 1.23 bits per heavy atom. The largest absolute Gasteiger partial charge is 0.417 e. The van der Waals surface area contributed by atoms with Crippen LogP contribution in [0.3, 0.4) is 0 Å². The van der Waals surface area contributed by atoms with Gasteiger partial charge in [-0.1, -0.05) is 12.8 Å². The molecule has 1 aliphatic heterocycles. The van der Waals surface area contributed by atoms with E-state index in [9.17, 15) is 18.0 Å². The molecule has 2 saturated carbocycles. The minimum Gasteiger partial charge on any atom is -0.380 e. The Labute approximate surface area is 175 Å². The van der Waals surface area contributed by atoms with Gasteiger partial charge < -0.3 is 15.0 Å². The molecule has 0 radical (unpaired) electrons. The summed E-state index contributed by atoms with van der Waals surface area (Å²) >= 11 is 0. The maximum absolute atomic E-state index is 13.1. The van der Waals surface area contributed by atoms with Crippen molar-refractivity contribution < 1.29 is 22.7 Å². The monoisotopic (exact) mass is 425 g/mol. The van der Waals surface area contributed by atoms with Gasteiger partial charge in [0, 0.05) is 56.5 Å². The van der Waals surface area contributed by atoms with E-state index in [1.54, 1.807) is 12.0 Å². The van der Waals surface area contributed by atoms with E-state index in [0.29, 0.717) is 36.3 Å². The number of methoxy groups -OCH3 is 1. The minimum absolute atomic E-state index is 0.0626. The summed E-state index contributed by atoms with van der Waals surface area (Å²) in [6.45, 7) is 0.737. The van der Waals surface area contributed by atoms with Crippen molar-refractivity contribution in [3.8, 4) is 0 Å². The molecule has 0 spiro atoms. The van der Waals surface area contributed by atoms with Crippen molar-refractivity contribution in [3.05, 3.63) is 29.1 Å². The summed E-state index contributed by atoms with van der Waals surface area (Å²) < 4.78 is 44.7.